The highest BCUT2D eigenvalue weighted by Crippen LogP contribution is 2.37. The van der Waals surface area contributed by atoms with E-state index in [4.69, 9.17) is 0 Å². The van der Waals surface area contributed by atoms with Crippen LogP contribution in [-0.2, 0) is 21.4 Å². The molecule has 0 radical (unpaired) electrons. The van der Waals surface area contributed by atoms with E-state index in [1.54, 1.807) is 11.0 Å². The molecular formula is C19H19N3O4. The number of β-lactam (4-membered cyclic amide) rings is 1. The largest absolute Gasteiger partial charge is 0.543 e. The molecule has 0 aromatic carbocycles. The van der Waals surface area contributed by atoms with Gasteiger partial charge in [-0.05, 0) is 37.0 Å². The summed E-state index contributed by atoms with van der Waals surface area (Å²) in [4.78, 5) is 39.2. The van der Waals surface area contributed by atoms with E-state index < -0.39 is 5.97 Å². The molecule has 2 saturated heterocycles. The summed E-state index contributed by atoms with van der Waals surface area (Å²) in [6, 6.07) is 3.70. The fourth-order valence-corrected chi connectivity index (χ4v) is 3.92. The minimum atomic E-state index is -1.35. The molecule has 3 aliphatic heterocycles. The number of carbonyl (C=O) groups is 3. The van der Waals surface area contributed by atoms with Crippen LogP contribution in [0.25, 0.3) is 0 Å². The van der Waals surface area contributed by atoms with E-state index in [0.717, 1.165) is 5.69 Å². The Kier molecular flexibility index (Phi) is 3.86. The van der Waals surface area contributed by atoms with E-state index in [1.807, 2.05) is 36.1 Å². The van der Waals surface area contributed by atoms with E-state index >= 15 is 0 Å². The molecule has 0 bridgehead atoms. The van der Waals surface area contributed by atoms with E-state index in [0.29, 0.717) is 43.4 Å². The Hall–Kier alpha value is -2.96. The third-order valence-electron chi connectivity index (χ3n) is 5.24. The van der Waals surface area contributed by atoms with Crippen molar-refractivity contribution in [2.45, 2.75) is 31.7 Å². The Balaban J connectivity index is 1.66. The second-order valence-electron chi connectivity index (χ2n) is 6.93. The molecule has 1 aromatic rings. The van der Waals surface area contributed by atoms with Crippen molar-refractivity contribution in [1.29, 1.82) is 0 Å². The molecule has 2 fully saturated rings. The highest BCUT2D eigenvalue weighted by atomic mass is 16.4. The van der Waals surface area contributed by atoms with Gasteiger partial charge in [0.2, 0.25) is 5.91 Å². The fraction of sp³-hybridized carbons (Fsp3) is 0.368. The number of carboxylic acids is 1. The molecule has 4 rings (SSSR count). The van der Waals surface area contributed by atoms with Crippen LogP contribution in [-0.4, -0.2) is 35.3 Å². The molecule has 1 atom stereocenters. The minimum absolute atomic E-state index is 0.0438. The van der Waals surface area contributed by atoms with Crippen LogP contribution in [0.2, 0.25) is 0 Å². The Morgan fingerprint density at radius 3 is 2.85 bits per heavy atom. The fourth-order valence-electron chi connectivity index (χ4n) is 3.92. The number of fused-ring (bicyclic) bond motifs is 1. The molecule has 0 saturated carbocycles. The van der Waals surface area contributed by atoms with Crippen LogP contribution in [0.15, 0.2) is 47.4 Å². The summed E-state index contributed by atoms with van der Waals surface area (Å²) >= 11 is 0. The molecule has 0 N–H and O–H groups in total. The van der Waals surface area contributed by atoms with E-state index in [1.165, 1.54) is 4.90 Å². The van der Waals surface area contributed by atoms with Gasteiger partial charge in [-0.2, -0.15) is 0 Å². The number of aromatic nitrogens is 1. The number of carboxylic acid groups (broad SMARTS) is 1. The van der Waals surface area contributed by atoms with Gasteiger partial charge in [0.05, 0.1) is 11.7 Å². The van der Waals surface area contributed by atoms with Gasteiger partial charge in [-0.15, -0.1) is 0 Å². The van der Waals surface area contributed by atoms with Gasteiger partial charge in [-0.3, -0.25) is 9.59 Å². The number of amides is 2. The van der Waals surface area contributed by atoms with Gasteiger partial charge in [0.15, 0.2) is 12.4 Å². The zero-order valence-corrected chi connectivity index (χ0v) is 14.5. The predicted octanol–water partition coefficient (Wildman–Crippen LogP) is -0.427. The van der Waals surface area contributed by atoms with Crippen molar-refractivity contribution >= 4 is 23.5 Å². The molecule has 4 heterocycles. The second kappa shape index (κ2) is 6.09. The lowest BCUT2D eigenvalue weighted by atomic mass is 9.86. The number of allylic oxidation sites excluding steroid dienone is 2. The van der Waals surface area contributed by atoms with E-state index in [9.17, 15) is 19.5 Å². The van der Waals surface area contributed by atoms with Gasteiger partial charge in [0.25, 0.3) is 5.91 Å². The van der Waals surface area contributed by atoms with Crippen molar-refractivity contribution in [3.63, 3.8) is 0 Å². The average Bonchev–Trinajstić information content (AvgIpc) is 2.95. The third-order valence-corrected chi connectivity index (χ3v) is 5.24. The van der Waals surface area contributed by atoms with Crippen LogP contribution in [0, 0.1) is 0 Å². The van der Waals surface area contributed by atoms with Gasteiger partial charge in [0.1, 0.15) is 12.7 Å². The zero-order chi connectivity index (χ0) is 18.4. The first-order chi connectivity index (χ1) is 12.5. The van der Waals surface area contributed by atoms with Gasteiger partial charge < -0.3 is 19.7 Å². The number of hydrogen-bond donors (Lipinski definition) is 0. The summed E-state index contributed by atoms with van der Waals surface area (Å²) in [6.45, 7) is 0.549. The van der Waals surface area contributed by atoms with Crippen molar-refractivity contribution in [1.82, 2.24) is 4.90 Å². The quantitative estimate of drug-likeness (QED) is 0.419. The number of hydrogen-bond acceptors (Lipinski definition) is 4. The molecular weight excluding hydrogens is 334 g/mol. The number of anilines is 1. The normalized spacial score (nSPS) is 24.2. The molecule has 2 amide bonds. The molecule has 1 unspecified atom stereocenters. The topological polar surface area (TPSA) is 84.6 Å². The predicted molar refractivity (Wildman–Crippen MR) is 89.2 cm³/mol. The lowest BCUT2D eigenvalue weighted by Crippen LogP contribution is -2.56. The molecule has 0 aliphatic carbocycles. The Morgan fingerprint density at radius 1 is 1.35 bits per heavy atom. The van der Waals surface area contributed by atoms with E-state index in [2.05, 4.69) is 0 Å². The lowest BCUT2D eigenvalue weighted by Gasteiger charge is -2.46. The van der Waals surface area contributed by atoms with Crippen molar-refractivity contribution in [3.05, 3.63) is 47.4 Å². The number of pyridine rings is 1. The standard InChI is InChI=1S/C19H19N3O4/c1-20-7-2-3-15(11-20)21-8-6-13(18(21)24)9-12-4-5-14-10-16(23)22(14)17(12)19(25)26/h2-3,7,9,11,14H,4-6,8,10H2,1H3/b13-9+. The van der Waals surface area contributed by atoms with Gasteiger partial charge >= 0.3 is 0 Å². The highest BCUT2D eigenvalue weighted by Gasteiger charge is 2.42. The Morgan fingerprint density at radius 2 is 2.15 bits per heavy atom. The van der Waals surface area contributed by atoms with Gasteiger partial charge in [-0.25, -0.2) is 4.57 Å². The Bertz CT molecular complexity index is 887. The van der Waals surface area contributed by atoms with Crippen LogP contribution < -0.4 is 14.6 Å². The minimum Gasteiger partial charge on any atom is -0.543 e. The number of aryl methyl sites for hydroxylation is 1. The molecule has 26 heavy (non-hydrogen) atoms. The van der Waals surface area contributed by atoms with Crippen molar-refractivity contribution in [2.75, 3.05) is 11.4 Å². The number of aliphatic carboxylic acids is 1. The number of carbonyl (C=O) groups excluding carboxylic acids is 3. The average molecular weight is 353 g/mol. The molecule has 3 aliphatic rings. The van der Waals surface area contributed by atoms with Crippen molar-refractivity contribution in [2.24, 2.45) is 7.05 Å². The second-order valence-corrected chi connectivity index (χ2v) is 6.93. The van der Waals surface area contributed by atoms with Crippen molar-refractivity contribution in [3.8, 4) is 0 Å². The summed E-state index contributed by atoms with van der Waals surface area (Å²) in [5.74, 6) is -1.67. The Labute approximate surface area is 150 Å². The number of nitrogens with zero attached hydrogens (tertiary/aromatic N) is 3. The molecule has 7 nitrogen and oxygen atoms in total. The van der Waals surface area contributed by atoms with Gasteiger partial charge in [0, 0.05) is 30.6 Å². The molecule has 7 heteroatoms. The van der Waals surface area contributed by atoms with E-state index in [-0.39, 0.29) is 23.6 Å². The van der Waals surface area contributed by atoms with Crippen LogP contribution in [0.1, 0.15) is 25.7 Å². The van der Waals surface area contributed by atoms with Gasteiger partial charge in [-0.1, -0.05) is 0 Å². The SMILES string of the molecule is C[n+]1cccc(N2CC/C(=C\C3=C(C(=O)[O-])N4C(=O)CC4CC3)C2=O)c1. The maximum absolute atomic E-state index is 12.8. The summed E-state index contributed by atoms with van der Waals surface area (Å²) in [5.41, 5.74) is 1.82. The monoisotopic (exact) mass is 353 g/mol. The summed E-state index contributed by atoms with van der Waals surface area (Å²) in [7, 11) is 1.89. The first kappa shape index (κ1) is 16.5. The maximum Gasteiger partial charge on any atom is 0.254 e. The molecule has 1 aromatic heterocycles. The van der Waals surface area contributed by atoms with Crippen molar-refractivity contribution < 1.29 is 24.1 Å². The first-order valence-electron chi connectivity index (χ1n) is 8.70. The van der Waals surface area contributed by atoms with Crippen LogP contribution in [0.5, 0.6) is 0 Å². The lowest BCUT2D eigenvalue weighted by molar-refractivity contribution is -0.670. The van der Waals surface area contributed by atoms with Crippen LogP contribution >= 0.6 is 0 Å². The summed E-state index contributed by atoms with van der Waals surface area (Å²) in [5, 5.41) is 11.6. The first-order valence-corrected chi connectivity index (χ1v) is 8.70. The highest BCUT2D eigenvalue weighted by molar-refractivity contribution is 6.08. The maximum atomic E-state index is 12.8. The van der Waals surface area contributed by atoms with Crippen LogP contribution in [0.3, 0.4) is 0 Å². The third kappa shape index (κ3) is 2.60. The zero-order valence-electron chi connectivity index (χ0n) is 14.5. The summed E-state index contributed by atoms with van der Waals surface area (Å²) < 4.78 is 1.87. The molecule has 134 valence electrons. The molecule has 0 spiro atoms. The smallest absolute Gasteiger partial charge is 0.254 e. The van der Waals surface area contributed by atoms with Crippen LogP contribution in [0.4, 0.5) is 5.69 Å². The summed E-state index contributed by atoms with van der Waals surface area (Å²) in [6.07, 6.45) is 7.59. The number of rotatable bonds is 3.